The van der Waals surface area contributed by atoms with Gasteiger partial charge in [0.1, 0.15) is 5.56 Å². The number of nitrogens with zero attached hydrogens (tertiary/aromatic N) is 3. The first-order chi connectivity index (χ1) is 13.7. The summed E-state index contributed by atoms with van der Waals surface area (Å²) >= 11 is 0. The van der Waals surface area contributed by atoms with Gasteiger partial charge in [0.2, 0.25) is 0 Å². The number of hydrogen-bond acceptors (Lipinski definition) is 6. The molecule has 3 rings (SSSR count). The molecule has 29 heavy (non-hydrogen) atoms. The number of ether oxygens (including phenoxy) is 1. The van der Waals surface area contributed by atoms with Gasteiger partial charge in [0.15, 0.2) is 5.78 Å². The third-order valence-electron chi connectivity index (χ3n) is 5.15. The molecule has 1 aliphatic heterocycles. The normalized spacial score (nSPS) is 16.1. The van der Waals surface area contributed by atoms with Gasteiger partial charge in [-0.3, -0.25) is 24.5 Å². The van der Waals surface area contributed by atoms with Crippen molar-refractivity contribution in [3.63, 3.8) is 0 Å². The number of Topliss-reactive ketones (excluding diaryl/α,β-unsaturated/α-hetero) is 1. The number of ketones is 1. The third kappa shape index (κ3) is 4.11. The van der Waals surface area contributed by atoms with Crippen molar-refractivity contribution < 1.29 is 19.2 Å². The number of carbonyl (C=O) groups excluding carboxylic acids is 2. The van der Waals surface area contributed by atoms with Crippen LogP contribution in [0.4, 0.5) is 5.69 Å². The Hall–Kier alpha value is -3.27. The molecule has 0 saturated carbocycles. The van der Waals surface area contributed by atoms with Crippen molar-refractivity contribution in [1.29, 1.82) is 0 Å². The van der Waals surface area contributed by atoms with Gasteiger partial charge in [0.05, 0.1) is 23.8 Å². The molecular weight excluding hydrogens is 380 g/mol. The first-order valence-corrected chi connectivity index (χ1v) is 9.19. The van der Waals surface area contributed by atoms with Crippen LogP contribution in [0.1, 0.15) is 44.9 Å². The Morgan fingerprint density at radius 2 is 2.03 bits per heavy atom. The number of amides is 1. The van der Waals surface area contributed by atoms with Crippen LogP contribution in [-0.2, 0) is 17.8 Å². The number of hydrogen-bond donors (Lipinski definition) is 1. The molecule has 1 aliphatic rings. The lowest BCUT2D eigenvalue weighted by Gasteiger charge is -2.15. The van der Waals surface area contributed by atoms with E-state index in [0.717, 1.165) is 47.7 Å². The van der Waals surface area contributed by atoms with Crippen LogP contribution in [0, 0.1) is 24.0 Å². The zero-order chi connectivity index (χ0) is 21.3. The molecule has 0 bridgehead atoms. The molecular formula is C19H22N4O6. The van der Waals surface area contributed by atoms with Gasteiger partial charge in [-0.1, -0.05) is 0 Å². The lowest BCUT2D eigenvalue weighted by molar-refractivity contribution is -0.385. The second kappa shape index (κ2) is 8.00. The zero-order valence-electron chi connectivity index (χ0n) is 16.2. The van der Waals surface area contributed by atoms with Crippen LogP contribution in [0.5, 0.6) is 0 Å². The smallest absolute Gasteiger partial charge is 0.286 e. The summed E-state index contributed by atoms with van der Waals surface area (Å²) in [7, 11) is 0. The van der Waals surface area contributed by atoms with Crippen molar-refractivity contribution in [2.45, 2.75) is 45.9 Å². The van der Waals surface area contributed by atoms with Crippen molar-refractivity contribution >= 4 is 17.4 Å². The minimum absolute atomic E-state index is 0.0975. The maximum absolute atomic E-state index is 12.9. The molecule has 154 valence electrons. The Morgan fingerprint density at radius 3 is 2.62 bits per heavy atom. The number of carbonyl (C=O) groups is 2. The van der Waals surface area contributed by atoms with E-state index in [1.54, 1.807) is 13.0 Å². The number of aryl methyl sites for hydroxylation is 1. The summed E-state index contributed by atoms with van der Waals surface area (Å²) in [4.78, 5) is 47.1. The number of nitrogens with two attached hydrogens (primary N) is 1. The highest BCUT2D eigenvalue weighted by Gasteiger charge is 2.23. The molecule has 1 fully saturated rings. The average molecular weight is 402 g/mol. The van der Waals surface area contributed by atoms with Gasteiger partial charge in [-0.25, -0.2) is 0 Å². The van der Waals surface area contributed by atoms with Gasteiger partial charge in [0, 0.05) is 36.2 Å². The second-order valence-corrected chi connectivity index (χ2v) is 7.12. The van der Waals surface area contributed by atoms with Gasteiger partial charge in [-0.2, -0.15) is 0 Å². The molecule has 2 aromatic heterocycles. The Balaban J connectivity index is 1.92. The van der Waals surface area contributed by atoms with Crippen molar-refractivity contribution in [2.75, 3.05) is 6.61 Å². The number of pyridine rings is 1. The molecule has 1 saturated heterocycles. The minimum Gasteiger partial charge on any atom is -0.376 e. The van der Waals surface area contributed by atoms with E-state index in [4.69, 9.17) is 10.5 Å². The van der Waals surface area contributed by atoms with Crippen LogP contribution in [0.2, 0.25) is 0 Å². The summed E-state index contributed by atoms with van der Waals surface area (Å²) in [6.07, 6.45) is 3.01. The van der Waals surface area contributed by atoms with Gasteiger partial charge in [-0.15, -0.1) is 0 Å². The second-order valence-electron chi connectivity index (χ2n) is 7.12. The topological polar surface area (TPSA) is 139 Å². The molecule has 0 radical (unpaired) electrons. The van der Waals surface area contributed by atoms with Crippen LogP contribution < -0.4 is 11.3 Å². The van der Waals surface area contributed by atoms with Crippen LogP contribution in [0.15, 0.2) is 23.1 Å². The molecule has 0 aliphatic carbocycles. The summed E-state index contributed by atoms with van der Waals surface area (Å²) in [5.41, 5.74) is 5.31. The maximum Gasteiger partial charge on any atom is 0.286 e. The van der Waals surface area contributed by atoms with E-state index in [2.05, 4.69) is 0 Å². The SMILES string of the molecule is Cc1cc(C(=O)Cn2cc([N+](=O)[O-])cc(C(N)=O)c2=O)c(C)n1C[C@@H]1CCCO1. The quantitative estimate of drug-likeness (QED) is 0.421. The van der Waals surface area contributed by atoms with E-state index in [0.29, 0.717) is 12.1 Å². The molecule has 2 N–H and O–H groups in total. The molecule has 1 amide bonds. The molecule has 0 aromatic carbocycles. The van der Waals surface area contributed by atoms with Crippen LogP contribution in [0.25, 0.3) is 0 Å². The maximum atomic E-state index is 12.9. The average Bonchev–Trinajstić information content (AvgIpc) is 3.26. The molecule has 1 atom stereocenters. The predicted octanol–water partition coefficient (Wildman–Crippen LogP) is 1.34. The monoisotopic (exact) mass is 402 g/mol. The molecule has 2 aromatic rings. The van der Waals surface area contributed by atoms with E-state index in [-0.39, 0.29) is 6.10 Å². The standard InChI is InChI=1S/C19H22N4O6/c1-11-6-15(12(2)22(11)9-14-4-3-5-29-14)17(24)10-21-8-13(23(27)28)7-16(18(20)25)19(21)26/h6-8,14H,3-5,9-10H2,1-2H3,(H2,20,25)/t14-/m0/s1. The van der Waals surface area contributed by atoms with Crippen molar-refractivity contribution in [2.24, 2.45) is 5.73 Å². The van der Waals surface area contributed by atoms with Crippen LogP contribution in [0.3, 0.4) is 0 Å². The highest BCUT2D eigenvalue weighted by atomic mass is 16.6. The van der Waals surface area contributed by atoms with Crippen molar-refractivity contribution in [3.05, 3.63) is 61.3 Å². The van der Waals surface area contributed by atoms with Crippen LogP contribution in [-0.4, -0.2) is 38.5 Å². The van der Waals surface area contributed by atoms with Crippen molar-refractivity contribution in [3.8, 4) is 0 Å². The van der Waals surface area contributed by atoms with Crippen molar-refractivity contribution in [1.82, 2.24) is 9.13 Å². The number of primary amides is 1. The van der Waals surface area contributed by atoms with E-state index >= 15 is 0 Å². The Labute approximate surface area is 166 Å². The Morgan fingerprint density at radius 1 is 1.31 bits per heavy atom. The number of nitro groups is 1. The fourth-order valence-electron chi connectivity index (χ4n) is 3.61. The third-order valence-corrected chi connectivity index (χ3v) is 5.15. The first-order valence-electron chi connectivity index (χ1n) is 9.19. The first kappa shape index (κ1) is 20.5. The predicted molar refractivity (Wildman–Crippen MR) is 103 cm³/mol. The van der Waals surface area contributed by atoms with Gasteiger partial charge >= 0.3 is 0 Å². The fourth-order valence-corrected chi connectivity index (χ4v) is 3.61. The summed E-state index contributed by atoms with van der Waals surface area (Å²) in [6, 6.07) is 2.54. The molecule has 10 heteroatoms. The van der Waals surface area contributed by atoms with E-state index in [1.807, 2.05) is 11.5 Å². The lowest BCUT2D eigenvalue weighted by atomic mass is 10.1. The van der Waals surface area contributed by atoms with E-state index in [1.165, 1.54) is 0 Å². The number of rotatable bonds is 7. The van der Waals surface area contributed by atoms with E-state index in [9.17, 15) is 24.5 Å². The highest BCUT2D eigenvalue weighted by Crippen LogP contribution is 2.21. The lowest BCUT2D eigenvalue weighted by Crippen LogP contribution is -2.31. The molecule has 10 nitrogen and oxygen atoms in total. The minimum atomic E-state index is -1.09. The fraction of sp³-hybridized carbons (Fsp3) is 0.421. The Bertz CT molecular complexity index is 1050. The Kier molecular flexibility index (Phi) is 5.64. The van der Waals surface area contributed by atoms with Gasteiger partial charge in [-0.05, 0) is 32.8 Å². The zero-order valence-corrected chi connectivity index (χ0v) is 16.2. The van der Waals surface area contributed by atoms with E-state index < -0.39 is 40.0 Å². The number of aromatic nitrogens is 2. The summed E-state index contributed by atoms with van der Waals surface area (Å²) in [5, 5.41) is 11.1. The molecule has 0 unspecified atom stereocenters. The summed E-state index contributed by atoms with van der Waals surface area (Å²) < 4.78 is 8.51. The summed E-state index contributed by atoms with van der Waals surface area (Å²) in [5.74, 6) is -1.48. The largest absolute Gasteiger partial charge is 0.376 e. The molecule has 0 spiro atoms. The highest BCUT2D eigenvalue weighted by molar-refractivity contribution is 5.97. The van der Waals surface area contributed by atoms with Gasteiger partial charge < -0.3 is 19.6 Å². The molecule has 3 heterocycles. The van der Waals surface area contributed by atoms with Gasteiger partial charge in [0.25, 0.3) is 17.2 Å². The van der Waals surface area contributed by atoms with Crippen LogP contribution >= 0.6 is 0 Å². The summed E-state index contributed by atoms with van der Waals surface area (Å²) in [6.45, 7) is 4.61.